The lowest BCUT2D eigenvalue weighted by Crippen LogP contribution is -2.15. The van der Waals surface area contributed by atoms with Crippen molar-refractivity contribution in [2.24, 2.45) is 0 Å². The normalized spacial score (nSPS) is 12.8. The summed E-state index contributed by atoms with van der Waals surface area (Å²) < 4.78 is 2.15. The Morgan fingerprint density at radius 2 is 1.94 bits per heavy atom. The molecule has 0 aliphatic rings. The summed E-state index contributed by atoms with van der Waals surface area (Å²) in [5.41, 5.74) is 3.85. The summed E-state index contributed by atoms with van der Waals surface area (Å²) in [4.78, 5) is 17.4. The second-order valence-electron chi connectivity index (χ2n) is 8.93. The number of rotatable bonds is 5. The van der Waals surface area contributed by atoms with Gasteiger partial charge in [0.1, 0.15) is 0 Å². The Kier molecular flexibility index (Phi) is 6.35. The molecule has 32 heavy (non-hydrogen) atoms. The predicted octanol–water partition coefficient (Wildman–Crippen LogP) is 7.49. The molecule has 0 bridgehead atoms. The first-order valence-corrected chi connectivity index (χ1v) is 12.1. The van der Waals surface area contributed by atoms with Crippen molar-refractivity contribution in [3.8, 4) is 0 Å². The first-order valence-electron chi connectivity index (χ1n) is 10.4. The predicted molar refractivity (Wildman–Crippen MR) is 135 cm³/mol. The topological polar surface area (TPSA) is 46.9 Å². The Morgan fingerprint density at radius 1 is 1.19 bits per heavy atom. The fraction of sp³-hybridized carbons (Fsp3) is 0.280. The number of anilines is 1. The standard InChI is InChI=1S/C25H25Cl2N3OS/c1-15(18-7-5-6-8-20(18)27)30-13-16(19-12-17(26)9-10-21(19)30)11-23(31)29-24-28-22(14-32-24)25(2,3)4/h5-10,12-15H,11H2,1-4H3,(H,28,29,31)/t15-/m0/s1. The van der Waals surface area contributed by atoms with E-state index in [1.54, 1.807) is 0 Å². The van der Waals surface area contributed by atoms with E-state index in [1.165, 1.54) is 11.3 Å². The van der Waals surface area contributed by atoms with Crippen LogP contribution in [0.5, 0.6) is 0 Å². The zero-order valence-electron chi connectivity index (χ0n) is 18.4. The molecule has 0 radical (unpaired) electrons. The van der Waals surface area contributed by atoms with Gasteiger partial charge in [-0.1, -0.05) is 62.2 Å². The van der Waals surface area contributed by atoms with Crippen molar-refractivity contribution in [3.05, 3.63) is 80.9 Å². The number of amides is 1. The summed E-state index contributed by atoms with van der Waals surface area (Å²) in [6, 6.07) is 13.6. The van der Waals surface area contributed by atoms with E-state index in [2.05, 4.69) is 42.6 Å². The van der Waals surface area contributed by atoms with Crippen LogP contribution in [0.15, 0.2) is 54.0 Å². The van der Waals surface area contributed by atoms with Crippen LogP contribution in [0.3, 0.4) is 0 Å². The molecule has 4 aromatic rings. The molecular weight excluding hydrogens is 461 g/mol. The largest absolute Gasteiger partial charge is 0.340 e. The van der Waals surface area contributed by atoms with Crippen molar-refractivity contribution in [3.63, 3.8) is 0 Å². The van der Waals surface area contributed by atoms with Gasteiger partial charge in [0.25, 0.3) is 0 Å². The number of carbonyl (C=O) groups is 1. The van der Waals surface area contributed by atoms with Crippen LogP contribution in [0.4, 0.5) is 5.13 Å². The molecule has 4 nitrogen and oxygen atoms in total. The molecule has 4 rings (SSSR count). The van der Waals surface area contributed by atoms with Crippen LogP contribution in [0.1, 0.15) is 50.6 Å². The third-order valence-electron chi connectivity index (χ3n) is 5.52. The number of hydrogen-bond acceptors (Lipinski definition) is 3. The molecule has 166 valence electrons. The van der Waals surface area contributed by atoms with E-state index in [1.807, 2.05) is 54.0 Å². The van der Waals surface area contributed by atoms with E-state index in [9.17, 15) is 4.79 Å². The van der Waals surface area contributed by atoms with Crippen molar-refractivity contribution >= 4 is 56.5 Å². The summed E-state index contributed by atoms with van der Waals surface area (Å²) in [7, 11) is 0. The zero-order valence-corrected chi connectivity index (χ0v) is 20.8. The fourth-order valence-corrected chi connectivity index (χ4v) is 5.15. The molecule has 0 saturated heterocycles. The van der Waals surface area contributed by atoms with E-state index in [0.717, 1.165) is 27.7 Å². The van der Waals surface area contributed by atoms with Gasteiger partial charge in [-0.15, -0.1) is 11.3 Å². The number of thiazole rings is 1. The summed E-state index contributed by atoms with van der Waals surface area (Å²) in [6.45, 7) is 8.41. The van der Waals surface area contributed by atoms with Gasteiger partial charge >= 0.3 is 0 Å². The van der Waals surface area contributed by atoms with Gasteiger partial charge in [0, 0.05) is 37.9 Å². The Labute approximate surface area is 202 Å². The first kappa shape index (κ1) is 22.8. The molecule has 2 aromatic heterocycles. The SMILES string of the molecule is C[C@@H](c1ccccc1Cl)n1cc(CC(=O)Nc2nc(C(C)(C)C)cs2)c2cc(Cl)ccc21. The van der Waals surface area contributed by atoms with Gasteiger partial charge in [0.15, 0.2) is 5.13 Å². The molecule has 7 heteroatoms. The number of nitrogens with one attached hydrogen (secondary N) is 1. The monoisotopic (exact) mass is 485 g/mol. The molecule has 0 aliphatic carbocycles. The minimum Gasteiger partial charge on any atom is -0.340 e. The maximum Gasteiger partial charge on any atom is 0.230 e. The van der Waals surface area contributed by atoms with Gasteiger partial charge in [0.05, 0.1) is 18.2 Å². The van der Waals surface area contributed by atoms with E-state index >= 15 is 0 Å². The number of hydrogen-bond donors (Lipinski definition) is 1. The lowest BCUT2D eigenvalue weighted by molar-refractivity contribution is -0.115. The van der Waals surface area contributed by atoms with Crippen molar-refractivity contribution < 1.29 is 4.79 Å². The van der Waals surface area contributed by atoms with Gasteiger partial charge in [0.2, 0.25) is 5.91 Å². The highest BCUT2D eigenvalue weighted by atomic mass is 35.5. The second kappa shape index (κ2) is 8.89. The average Bonchev–Trinajstić information content (AvgIpc) is 3.33. The maximum absolute atomic E-state index is 12.9. The molecule has 0 unspecified atom stereocenters. The Balaban J connectivity index is 1.64. The number of halogens is 2. The molecular formula is C25H25Cl2N3OS. The van der Waals surface area contributed by atoms with Crippen LogP contribution in [0.2, 0.25) is 10.0 Å². The van der Waals surface area contributed by atoms with Crippen LogP contribution in [-0.4, -0.2) is 15.5 Å². The second-order valence-corrected chi connectivity index (χ2v) is 10.6. The van der Waals surface area contributed by atoms with Crippen LogP contribution in [0.25, 0.3) is 10.9 Å². The molecule has 2 heterocycles. The molecule has 1 N–H and O–H groups in total. The van der Waals surface area contributed by atoms with Crippen LogP contribution < -0.4 is 5.32 Å². The quantitative estimate of drug-likeness (QED) is 0.318. The number of carbonyl (C=O) groups excluding carboxylic acids is 1. The number of benzene rings is 2. The molecule has 1 amide bonds. The van der Waals surface area contributed by atoms with Crippen molar-refractivity contribution in [2.45, 2.75) is 45.6 Å². The average molecular weight is 486 g/mol. The van der Waals surface area contributed by atoms with Crippen LogP contribution in [-0.2, 0) is 16.6 Å². The maximum atomic E-state index is 12.9. The zero-order chi connectivity index (χ0) is 23.0. The van der Waals surface area contributed by atoms with Gasteiger partial charge in [-0.3, -0.25) is 4.79 Å². The van der Waals surface area contributed by atoms with Gasteiger partial charge in [-0.25, -0.2) is 4.98 Å². The lowest BCUT2D eigenvalue weighted by Gasteiger charge is -2.17. The Hall–Kier alpha value is -2.34. The molecule has 0 aliphatic heterocycles. The molecule has 0 fully saturated rings. The van der Waals surface area contributed by atoms with Crippen LogP contribution in [0, 0.1) is 0 Å². The van der Waals surface area contributed by atoms with Gasteiger partial charge in [-0.2, -0.15) is 0 Å². The summed E-state index contributed by atoms with van der Waals surface area (Å²) >= 11 is 14.2. The van der Waals surface area contributed by atoms with E-state index < -0.39 is 0 Å². The molecule has 1 atom stereocenters. The third-order valence-corrected chi connectivity index (χ3v) is 6.86. The third kappa shape index (κ3) is 4.70. The van der Waals surface area contributed by atoms with Gasteiger partial charge < -0.3 is 9.88 Å². The first-order chi connectivity index (χ1) is 15.1. The molecule has 0 saturated carbocycles. The number of aromatic nitrogens is 2. The van der Waals surface area contributed by atoms with Crippen molar-refractivity contribution in [1.82, 2.24) is 9.55 Å². The lowest BCUT2D eigenvalue weighted by atomic mass is 9.93. The minimum atomic E-state index is -0.107. The molecule has 0 spiro atoms. The van der Waals surface area contributed by atoms with Crippen molar-refractivity contribution in [2.75, 3.05) is 5.32 Å². The highest BCUT2D eigenvalue weighted by Gasteiger charge is 2.20. The summed E-state index contributed by atoms with van der Waals surface area (Å²) in [5, 5.41) is 7.87. The Morgan fingerprint density at radius 3 is 2.62 bits per heavy atom. The number of nitrogens with zero attached hydrogens (tertiary/aromatic N) is 2. The van der Waals surface area contributed by atoms with Gasteiger partial charge in [-0.05, 0) is 42.3 Å². The molecule has 2 aromatic carbocycles. The van der Waals surface area contributed by atoms with E-state index in [4.69, 9.17) is 23.2 Å². The van der Waals surface area contributed by atoms with E-state index in [-0.39, 0.29) is 23.8 Å². The minimum absolute atomic E-state index is 0.00232. The van der Waals surface area contributed by atoms with E-state index in [0.29, 0.717) is 15.2 Å². The summed E-state index contributed by atoms with van der Waals surface area (Å²) in [6.07, 6.45) is 2.25. The van der Waals surface area contributed by atoms with Crippen molar-refractivity contribution in [1.29, 1.82) is 0 Å². The highest BCUT2D eigenvalue weighted by molar-refractivity contribution is 7.13. The van der Waals surface area contributed by atoms with Crippen LogP contribution >= 0.6 is 34.5 Å². The smallest absolute Gasteiger partial charge is 0.230 e. The summed E-state index contributed by atoms with van der Waals surface area (Å²) in [5.74, 6) is -0.107. The highest BCUT2D eigenvalue weighted by Crippen LogP contribution is 2.33. The fourth-order valence-electron chi connectivity index (χ4n) is 3.73. The Bertz CT molecular complexity index is 1290. The number of fused-ring (bicyclic) bond motifs is 1.